The minimum Gasteiger partial charge on any atom is -0.271 e. The second kappa shape index (κ2) is 3.82. The lowest BCUT2D eigenvalue weighted by Gasteiger charge is -2.14. The fraction of sp³-hybridized carbons (Fsp3) is 0.100. The summed E-state index contributed by atoms with van der Waals surface area (Å²) in [6.45, 7) is 0.187. The molecule has 2 rings (SSSR count). The first-order valence-corrected chi connectivity index (χ1v) is 4.68. The fourth-order valence-electron chi connectivity index (χ4n) is 1.29. The summed E-state index contributed by atoms with van der Waals surface area (Å²) < 4.78 is 0. The largest absolute Gasteiger partial charge is 0.271 e. The van der Waals surface area contributed by atoms with E-state index in [4.69, 9.17) is 11.6 Å². The van der Waals surface area contributed by atoms with Crippen LogP contribution < -0.4 is 0 Å². The van der Waals surface area contributed by atoms with E-state index in [1.54, 1.807) is 12.3 Å². The molecule has 1 aromatic heterocycles. The van der Waals surface area contributed by atoms with E-state index in [2.05, 4.69) is 4.98 Å². The standard InChI is InChI=1S/C10H7ClN2O2/c11-8-5-12-4-3-7(8)6-13-9(14)1-2-10(13)15/h1-5H,6H2. The summed E-state index contributed by atoms with van der Waals surface area (Å²) in [6.07, 6.45) is 5.55. The summed E-state index contributed by atoms with van der Waals surface area (Å²) in [4.78, 5) is 27.5. The highest BCUT2D eigenvalue weighted by atomic mass is 35.5. The number of imide groups is 1. The van der Waals surface area contributed by atoms with Crippen LogP contribution in [0.1, 0.15) is 5.56 Å². The number of aromatic nitrogens is 1. The van der Waals surface area contributed by atoms with Crippen molar-refractivity contribution in [2.24, 2.45) is 0 Å². The number of rotatable bonds is 2. The smallest absolute Gasteiger partial charge is 0.253 e. The zero-order valence-corrected chi connectivity index (χ0v) is 8.44. The highest BCUT2D eigenvalue weighted by molar-refractivity contribution is 6.31. The van der Waals surface area contributed by atoms with E-state index in [9.17, 15) is 9.59 Å². The third-order valence-corrected chi connectivity index (χ3v) is 2.43. The molecule has 1 aromatic rings. The molecule has 0 spiro atoms. The summed E-state index contributed by atoms with van der Waals surface area (Å²) >= 11 is 5.87. The first-order valence-electron chi connectivity index (χ1n) is 4.30. The molecule has 0 atom stereocenters. The van der Waals surface area contributed by atoms with Crippen molar-refractivity contribution in [3.8, 4) is 0 Å². The van der Waals surface area contributed by atoms with Crippen LogP contribution in [0.3, 0.4) is 0 Å². The van der Waals surface area contributed by atoms with Gasteiger partial charge in [0.1, 0.15) is 0 Å². The van der Waals surface area contributed by atoms with Crippen molar-refractivity contribution in [1.29, 1.82) is 0 Å². The zero-order valence-electron chi connectivity index (χ0n) is 7.68. The Morgan fingerprint density at radius 1 is 1.27 bits per heavy atom. The van der Waals surface area contributed by atoms with Crippen LogP contribution in [-0.2, 0) is 16.1 Å². The van der Waals surface area contributed by atoms with Crippen LogP contribution in [0.4, 0.5) is 0 Å². The molecular formula is C10H7ClN2O2. The van der Waals surface area contributed by atoms with Crippen molar-refractivity contribution < 1.29 is 9.59 Å². The molecular weight excluding hydrogens is 216 g/mol. The molecule has 0 fully saturated rings. The van der Waals surface area contributed by atoms with Crippen molar-refractivity contribution in [1.82, 2.24) is 9.88 Å². The predicted molar refractivity (Wildman–Crippen MR) is 53.9 cm³/mol. The van der Waals surface area contributed by atoms with Crippen molar-refractivity contribution in [3.05, 3.63) is 41.2 Å². The fourth-order valence-corrected chi connectivity index (χ4v) is 1.47. The quantitative estimate of drug-likeness (QED) is 0.706. The average molecular weight is 223 g/mol. The third kappa shape index (κ3) is 1.89. The van der Waals surface area contributed by atoms with Gasteiger partial charge in [-0.3, -0.25) is 19.5 Å². The molecule has 0 aromatic carbocycles. The van der Waals surface area contributed by atoms with E-state index in [0.717, 1.165) is 4.90 Å². The van der Waals surface area contributed by atoms with Crippen molar-refractivity contribution in [2.75, 3.05) is 0 Å². The van der Waals surface area contributed by atoms with Gasteiger partial charge in [0.25, 0.3) is 11.8 Å². The number of amides is 2. The van der Waals surface area contributed by atoms with Gasteiger partial charge in [-0.05, 0) is 11.6 Å². The van der Waals surface area contributed by atoms with E-state index in [1.807, 2.05) is 0 Å². The molecule has 76 valence electrons. The third-order valence-electron chi connectivity index (χ3n) is 2.09. The Morgan fingerprint density at radius 2 is 1.93 bits per heavy atom. The average Bonchev–Trinajstić information content (AvgIpc) is 2.53. The van der Waals surface area contributed by atoms with Gasteiger partial charge >= 0.3 is 0 Å². The number of carbonyl (C=O) groups excluding carboxylic acids is 2. The van der Waals surface area contributed by atoms with Gasteiger partial charge in [0.2, 0.25) is 0 Å². The Kier molecular flexibility index (Phi) is 2.51. The first-order chi connectivity index (χ1) is 7.18. The first kappa shape index (κ1) is 9.86. The Labute approximate surface area is 91.2 Å². The molecule has 2 amide bonds. The normalized spacial score (nSPS) is 15.1. The molecule has 1 aliphatic rings. The van der Waals surface area contributed by atoms with Crippen LogP contribution in [0.25, 0.3) is 0 Å². The Morgan fingerprint density at radius 3 is 2.53 bits per heavy atom. The zero-order chi connectivity index (χ0) is 10.8. The predicted octanol–water partition coefficient (Wildman–Crippen LogP) is 1.16. The summed E-state index contributed by atoms with van der Waals surface area (Å²) in [5.74, 6) is -0.624. The van der Waals surface area contributed by atoms with E-state index in [-0.39, 0.29) is 18.4 Å². The highest BCUT2D eigenvalue weighted by Gasteiger charge is 2.23. The maximum atomic E-state index is 11.3. The summed E-state index contributed by atoms with van der Waals surface area (Å²) in [7, 11) is 0. The maximum Gasteiger partial charge on any atom is 0.253 e. The maximum absolute atomic E-state index is 11.3. The number of hydrogen-bond acceptors (Lipinski definition) is 3. The number of halogens is 1. The van der Waals surface area contributed by atoms with Gasteiger partial charge in [-0.25, -0.2) is 0 Å². The van der Waals surface area contributed by atoms with Crippen LogP contribution in [-0.4, -0.2) is 21.7 Å². The van der Waals surface area contributed by atoms with Gasteiger partial charge in [0, 0.05) is 24.5 Å². The molecule has 2 heterocycles. The molecule has 4 nitrogen and oxygen atoms in total. The van der Waals surface area contributed by atoms with Crippen molar-refractivity contribution in [3.63, 3.8) is 0 Å². The molecule has 0 bridgehead atoms. The molecule has 0 N–H and O–H groups in total. The van der Waals surface area contributed by atoms with Gasteiger partial charge in [0.15, 0.2) is 0 Å². The lowest BCUT2D eigenvalue weighted by Crippen LogP contribution is -2.29. The molecule has 0 unspecified atom stereocenters. The monoisotopic (exact) mass is 222 g/mol. The number of nitrogens with zero attached hydrogens (tertiary/aromatic N) is 2. The van der Waals surface area contributed by atoms with E-state index in [0.29, 0.717) is 10.6 Å². The minimum atomic E-state index is -0.312. The molecule has 0 aliphatic carbocycles. The van der Waals surface area contributed by atoms with Crippen molar-refractivity contribution in [2.45, 2.75) is 6.54 Å². The minimum absolute atomic E-state index is 0.187. The summed E-state index contributed by atoms with van der Waals surface area (Å²) in [5, 5.41) is 0.449. The van der Waals surface area contributed by atoms with E-state index >= 15 is 0 Å². The van der Waals surface area contributed by atoms with Gasteiger partial charge in [-0.2, -0.15) is 0 Å². The molecule has 5 heteroatoms. The van der Waals surface area contributed by atoms with Gasteiger partial charge < -0.3 is 0 Å². The number of hydrogen-bond donors (Lipinski definition) is 0. The molecule has 1 aliphatic heterocycles. The molecule has 0 radical (unpaired) electrons. The van der Waals surface area contributed by atoms with Gasteiger partial charge in [-0.1, -0.05) is 11.6 Å². The van der Waals surface area contributed by atoms with Crippen LogP contribution >= 0.6 is 11.6 Å². The Balaban J connectivity index is 2.20. The lowest BCUT2D eigenvalue weighted by molar-refractivity contribution is -0.137. The topological polar surface area (TPSA) is 50.3 Å². The van der Waals surface area contributed by atoms with E-state index in [1.165, 1.54) is 18.3 Å². The van der Waals surface area contributed by atoms with Crippen LogP contribution in [0.5, 0.6) is 0 Å². The molecule has 15 heavy (non-hydrogen) atoms. The SMILES string of the molecule is O=C1C=CC(=O)N1Cc1ccncc1Cl. The Bertz CT molecular complexity index is 438. The van der Waals surface area contributed by atoms with E-state index < -0.39 is 0 Å². The summed E-state index contributed by atoms with van der Waals surface area (Å²) in [5.41, 5.74) is 0.706. The Hall–Kier alpha value is -1.68. The van der Waals surface area contributed by atoms with Gasteiger partial charge in [0.05, 0.1) is 11.6 Å². The second-order valence-corrected chi connectivity index (χ2v) is 3.47. The van der Waals surface area contributed by atoms with Crippen molar-refractivity contribution >= 4 is 23.4 Å². The molecule has 0 saturated carbocycles. The van der Waals surface area contributed by atoms with Crippen LogP contribution in [0.15, 0.2) is 30.6 Å². The number of pyridine rings is 1. The number of carbonyl (C=O) groups is 2. The highest BCUT2D eigenvalue weighted by Crippen LogP contribution is 2.17. The van der Waals surface area contributed by atoms with Crippen LogP contribution in [0, 0.1) is 0 Å². The lowest BCUT2D eigenvalue weighted by atomic mass is 10.2. The summed E-state index contributed by atoms with van der Waals surface area (Å²) in [6, 6.07) is 1.68. The second-order valence-electron chi connectivity index (χ2n) is 3.06. The van der Waals surface area contributed by atoms with Gasteiger partial charge in [-0.15, -0.1) is 0 Å². The van der Waals surface area contributed by atoms with Crippen LogP contribution in [0.2, 0.25) is 5.02 Å². The molecule has 0 saturated heterocycles.